The number of nitrogens with one attached hydrogen (secondary N) is 1. The summed E-state index contributed by atoms with van der Waals surface area (Å²) in [5, 5.41) is 3.66. The molecule has 0 saturated carbocycles. The predicted octanol–water partition coefficient (Wildman–Crippen LogP) is 5.45. The van der Waals surface area contributed by atoms with E-state index in [1.807, 2.05) is 37.3 Å². The van der Waals surface area contributed by atoms with Gasteiger partial charge in [0.15, 0.2) is 0 Å². The molecule has 0 bridgehead atoms. The number of thiophene rings is 1. The highest BCUT2D eigenvalue weighted by Crippen LogP contribution is 2.33. The Bertz CT molecular complexity index is 1480. The van der Waals surface area contributed by atoms with Crippen molar-refractivity contribution in [3.8, 4) is 11.5 Å². The molecule has 0 aliphatic rings. The van der Waals surface area contributed by atoms with Gasteiger partial charge in [0.05, 0.1) is 43.3 Å². The molecule has 1 aromatic heterocycles. The Balaban J connectivity index is 1.61. The highest BCUT2D eigenvalue weighted by molar-refractivity contribution is 7.92. The maximum atomic E-state index is 13.0. The van der Waals surface area contributed by atoms with Crippen molar-refractivity contribution in [2.75, 3.05) is 30.1 Å². The van der Waals surface area contributed by atoms with E-state index in [1.165, 1.54) is 29.0 Å². The molecule has 0 fully saturated rings. The second kappa shape index (κ2) is 9.97. The highest BCUT2D eigenvalue weighted by atomic mass is 32.2. The van der Waals surface area contributed by atoms with Gasteiger partial charge in [0.1, 0.15) is 11.5 Å². The Hall–Kier alpha value is -3.56. The number of nitrogens with zero attached hydrogens (tertiary/aromatic N) is 1. The van der Waals surface area contributed by atoms with Gasteiger partial charge in [0.25, 0.3) is 5.91 Å². The molecule has 182 valence electrons. The predicted molar refractivity (Wildman–Crippen MR) is 142 cm³/mol. The van der Waals surface area contributed by atoms with Crippen LogP contribution in [0.1, 0.15) is 20.8 Å². The molecule has 4 aromatic rings. The minimum absolute atomic E-state index is 0.222. The summed E-state index contributed by atoms with van der Waals surface area (Å²) in [4.78, 5) is 13.5. The van der Waals surface area contributed by atoms with Gasteiger partial charge >= 0.3 is 0 Å². The highest BCUT2D eigenvalue weighted by Gasteiger charge is 2.20. The second-order valence-electron chi connectivity index (χ2n) is 8.11. The fourth-order valence-corrected chi connectivity index (χ4v) is 5.46. The van der Waals surface area contributed by atoms with Crippen molar-refractivity contribution in [3.05, 3.63) is 82.7 Å². The number of methoxy groups -OCH3 is 2. The van der Waals surface area contributed by atoms with Crippen LogP contribution in [0.5, 0.6) is 11.5 Å². The van der Waals surface area contributed by atoms with Gasteiger partial charge in [0.2, 0.25) is 10.0 Å². The minimum atomic E-state index is -3.53. The van der Waals surface area contributed by atoms with E-state index >= 15 is 0 Å². The van der Waals surface area contributed by atoms with Crippen LogP contribution in [0.4, 0.5) is 11.4 Å². The first-order chi connectivity index (χ1) is 16.7. The number of hydrogen-bond acceptors (Lipinski definition) is 6. The Morgan fingerprint density at radius 3 is 2.37 bits per heavy atom. The van der Waals surface area contributed by atoms with Crippen molar-refractivity contribution in [2.24, 2.45) is 0 Å². The van der Waals surface area contributed by atoms with Crippen LogP contribution in [0, 0.1) is 6.92 Å². The molecule has 4 rings (SSSR count). The average molecular weight is 511 g/mol. The van der Waals surface area contributed by atoms with E-state index in [0.717, 1.165) is 21.2 Å². The third kappa shape index (κ3) is 5.58. The van der Waals surface area contributed by atoms with Crippen LogP contribution in [-0.4, -0.2) is 34.8 Å². The van der Waals surface area contributed by atoms with Gasteiger partial charge < -0.3 is 14.8 Å². The zero-order valence-corrected chi connectivity index (χ0v) is 21.5. The first-order valence-electron chi connectivity index (χ1n) is 10.8. The molecule has 35 heavy (non-hydrogen) atoms. The van der Waals surface area contributed by atoms with Gasteiger partial charge in [-0.05, 0) is 54.3 Å². The number of ether oxygens (including phenoxy) is 2. The zero-order valence-electron chi connectivity index (χ0n) is 19.9. The third-order valence-corrected chi connectivity index (χ3v) is 7.77. The summed E-state index contributed by atoms with van der Waals surface area (Å²) in [5.74, 6) is 0.826. The number of aryl methyl sites for hydroxylation is 1. The van der Waals surface area contributed by atoms with E-state index in [-0.39, 0.29) is 12.5 Å². The molecular formula is C26H26N2O5S2. The first kappa shape index (κ1) is 24.6. The van der Waals surface area contributed by atoms with Gasteiger partial charge in [0, 0.05) is 10.8 Å². The van der Waals surface area contributed by atoms with Crippen LogP contribution in [0.15, 0.2) is 66.7 Å². The standard InChI is InChI=1S/C26H26N2O5S2/c1-17-5-7-18(8-6-17)16-28(35(4,30)31)20-9-12-24-19(13-20)14-25(34-24)26(29)27-22-11-10-21(32-2)15-23(22)33-3/h5-15H,16H2,1-4H3,(H,27,29). The van der Waals surface area contributed by atoms with Gasteiger partial charge in [-0.2, -0.15) is 0 Å². The Kier molecular flexibility index (Phi) is 7.00. The Labute approximate surface area is 209 Å². The fourth-order valence-electron chi connectivity index (χ4n) is 3.64. The van der Waals surface area contributed by atoms with Crippen molar-refractivity contribution >= 4 is 48.7 Å². The molecular weight excluding hydrogens is 484 g/mol. The number of carbonyl (C=O) groups is 1. The summed E-state index contributed by atoms with van der Waals surface area (Å²) in [7, 11) is -0.442. The number of benzene rings is 3. The summed E-state index contributed by atoms with van der Waals surface area (Å²) >= 11 is 1.33. The maximum Gasteiger partial charge on any atom is 0.265 e. The van der Waals surface area contributed by atoms with Crippen LogP contribution >= 0.6 is 11.3 Å². The molecule has 9 heteroatoms. The number of carbonyl (C=O) groups excluding carboxylic acids is 1. The largest absolute Gasteiger partial charge is 0.497 e. The molecule has 1 N–H and O–H groups in total. The van der Waals surface area contributed by atoms with E-state index in [9.17, 15) is 13.2 Å². The topological polar surface area (TPSA) is 84.9 Å². The lowest BCUT2D eigenvalue weighted by Gasteiger charge is -2.22. The zero-order chi connectivity index (χ0) is 25.2. The summed E-state index contributed by atoms with van der Waals surface area (Å²) in [6.07, 6.45) is 1.19. The molecule has 7 nitrogen and oxygen atoms in total. The van der Waals surface area contributed by atoms with Crippen LogP contribution in [-0.2, 0) is 16.6 Å². The van der Waals surface area contributed by atoms with Gasteiger partial charge in [-0.1, -0.05) is 29.8 Å². The molecule has 0 spiro atoms. The molecule has 1 amide bonds. The van der Waals surface area contributed by atoms with E-state index in [0.29, 0.717) is 27.8 Å². The second-order valence-corrected chi connectivity index (χ2v) is 11.1. The molecule has 0 unspecified atom stereocenters. The quantitative estimate of drug-likeness (QED) is 0.341. The van der Waals surface area contributed by atoms with Gasteiger partial charge in [-0.25, -0.2) is 8.42 Å². The Morgan fingerprint density at radius 2 is 1.71 bits per heavy atom. The molecule has 1 heterocycles. The SMILES string of the molecule is COc1ccc(NC(=O)c2cc3cc(N(Cc4ccc(C)cc4)S(C)(=O)=O)ccc3s2)c(OC)c1. The van der Waals surface area contributed by atoms with Crippen molar-refractivity contribution in [1.29, 1.82) is 0 Å². The molecule has 3 aromatic carbocycles. The van der Waals surface area contributed by atoms with Crippen molar-refractivity contribution < 1.29 is 22.7 Å². The normalized spacial score (nSPS) is 11.3. The summed E-state index contributed by atoms with van der Waals surface area (Å²) < 4.78 is 38.0. The lowest BCUT2D eigenvalue weighted by Crippen LogP contribution is -2.29. The molecule has 0 saturated heterocycles. The lowest BCUT2D eigenvalue weighted by atomic mass is 10.1. The van der Waals surface area contributed by atoms with Crippen LogP contribution in [0.3, 0.4) is 0 Å². The summed E-state index contributed by atoms with van der Waals surface area (Å²) in [6.45, 7) is 2.21. The van der Waals surface area contributed by atoms with Crippen molar-refractivity contribution in [2.45, 2.75) is 13.5 Å². The van der Waals surface area contributed by atoms with Crippen molar-refractivity contribution in [3.63, 3.8) is 0 Å². The number of fused-ring (bicyclic) bond motifs is 1. The number of rotatable bonds is 8. The van der Waals surface area contributed by atoms with Crippen LogP contribution < -0.4 is 19.1 Å². The molecule has 0 aliphatic heterocycles. The smallest absolute Gasteiger partial charge is 0.265 e. The number of amides is 1. The van der Waals surface area contributed by atoms with E-state index in [1.54, 1.807) is 43.5 Å². The number of hydrogen-bond donors (Lipinski definition) is 1. The lowest BCUT2D eigenvalue weighted by molar-refractivity contribution is 0.103. The number of sulfonamides is 1. The third-order valence-electron chi connectivity index (χ3n) is 5.52. The van der Waals surface area contributed by atoms with E-state index in [4.69, 9.17) is 9.47 Å². The van der Waals surface area contributed by atoms with Gasteiger partial charge in [-0.15, -0.1) is 11.3 Å². The minimum Gasteiger partial charge on any atom is -0.497 e. The average Bonchev–Trinajstić information content (AvgIpc) is 3.27. The summed E-state index contributed by atoms with van der Waals surface area (Å²) in [5.41, 5.74) is 3.07. The Morgan fingerprint density at radius 1 is 0.971 bits per heavy atom. The summed E-state index contributed by atoms with van der Waals surface area (Å²) in [6, 6.07) is 20.1. The van der Waals surface area contributed by atoms with Gasteiger partial charge in [-0.3, -0.25) is 9.10 Å². The van der Waals surface area contributed by atoms with E-state index < -0.39 is 10.0 Å². The molecule has 0 radical (unpaired) electrons. The van der Waals surface area contributed by atoms with Crippen molar-refractivity contribution in [1.82, 2.24) is 0 Å². The first-order valence-corrected chi connectivity index (χ1v) is 13.4. The van der Waals surface area contributed by atoms with E-state index in [2.05, 4.69) is 5.32 Å². The molecule has 0 aliphatic carbocycles. The molecule has 0 atom stereocenters. The van der Waals surface area contributed by atoms with Crippen LogP contribution in [0.2, 0.25) is 0 Å². The number of anilines is 2. The fraction of sp³-hybridized carbons (Fsp3) is 0.192. The maximum absolute atomic E-state index is 13.0. The van der Waals surface area contributed by atoms with Crippen LogP contribution in [0.25, 0.3) is 10.1 Å². The monoisotopic (exact) mass is 510 g/mol.